The molecule has 0 bridgehead atoms. The van der Waals surface area contributed by atoms with Gasteiger partial charge in [-0.05, 0) is 48.6 Å². The summed E-state index contributed by atoms with van der Waals surface area (Å²) in [7, 11) is 0. The van der Waals surface area contributed by atoms with Gasteiger partial charge in [0.2, 0.25) is 5.91 Å². The van der Waals surface area contributed by atoms with Crippen LogP contribution in [0.3, 0.4) is 0 Å². The van der Waals surface area contributed by atoms with Crippen LogP contribution in [-0.2, 0) is 21.5 Å². The lowest BCUT2D eigenvalue weighted by atomic mass is 9.92. The second kappa shape index (κ2) is 7.75. The van der Waals surface area contributed by atoms with Crippen molar-refractivity contribution in [3.63, 3.8) is 0 Å². The number of hydrogen-bond acceptors (Lipinski definition) is 4. The highest BCUT2D eigenvalue weighted by Gasteiger charge is 2.55. The highest BCUT2D eigenvalue weighted by Crippen LogP contribution is 2.41. The number of aryl methyl sites for hydroxylation is 1. The van der Waals surface area contributed by atoms with Gasteiger partial charge in [0.1, 0.15) is 12.1 Å². The standard InChI is InChI=1S/C22H23N5O4/c1-13(14-6-8-16(9-7-14)25-20(23)30)24-18(28)12-27-19(29)22(26-21(27)31)11-10-15-4-2-3-5-17(15)22/h2-9,13H,10-12H2,1H3,(H,24,28)(H,26,31)(H3,23,25,30). The van der Waals surface area contributed by atoms with Crippen LogP contribution in [0.15, 0.2) is 48.5 Å². The van der Waals surface area contributed by atoms with Crippen LogP contribution in [0.2, 0.25) is 0 Å². The summed E-state index contributed by atoms with van der Waals surface area (Å²) >= 11 is 0. The van der Waals surface area contributed by atoms with E-state index in [4.69, 9.17) is 5.73 Å². The highest BCUT2D eigenvalue weighted by atomic mass is 16.2. The van der Waals surface area contributed by atoms with E-state index in [0.29, 0.717) is 18.5 Å². The van der Waals surface area contributed by atoms with E-state index in [2.05, 4.69) is 16.0 Å². The van der Waals surface area contributed by atoms with Crippen LogP contribution in [0.5, 0.6) is 0 Å². The summed E-state index contributed by atoms with van der Waals surface area (Å²) in [5.41, 5.74) is 7.17. The largest absolute Gasteiger partial charge is 0.351 e. The Morgan fingerprint density at radius 1 is 1.16 bits per heavy atom. The van der Waals surface area contributed by atoms with Gasteiger partial charge in [0.25, 0.3) is 5.91 Å². The summed E-state index contributed by atoms with van der Waals surface area (Å²) in [5.74, 6) is -0.842. The van der Waals surface area contributed by atoms with Gasteiger partial charge in [-0.2, -0.15) is 0 Å². The van der Waals surface area contributed by atoms with Gasteiger partial charge in [0.15, 0.2) is 0 Å². The quantitative estimate of drug-likeness (QED) is 0.547. The molecule has 0 saturated carbocycles. The maximum atomic E-state index is 13.1. The number of imide groups is 1. The first-order chi connectivity index (χ1) is 14.8. The first kappa shape index (κ1) is 20.4. The van der Waals surface area contributed by atoms with Crippen LogP contribution in [0.4, 0.5) is 15.3 Å². The van der Waals surface area contributed by atoms with Crippen molar-refractivity contribution in [3.8, 4) is 0 Å². The van der Waals surface area contributed by atoms with E-state index in [1.165, 1.54) is 0 Å². The second-order valence-electron chi connectivity index (χ2n) is 7.78. The third-order valence-electron chi connectivity index (χ3n) is 5.78. The molecule has 1 aliphatic carbocycles. The van der Waals surface area contributed by atoms with Crippen LogP contribution in [0, 0.1) is 0 Å². The lowest BCUT2D eigenvalue weighted by Gasteiger charge is -2.22. The number of amides is 6. The molecule has 9 heteroatoms. The van der Waals surface area contributed by atoms with E-state index < -0.39 is 29.4 Å². The van der Waals surface area contributed by atoms with Gasteiger partial charge >= 0.3 is 12.1 Å². The minimum absolute atomic E-state index is 0.361. The number of carbonyl (C=O) groups is 4. The molecule has 1 fully saturated rings. The summed E-state index contributed by atoms with van der Waals surface area (Å²) in [4.78, 5) is 50.1. The molecule has 160 valence electrons. The van der Waals surface area contributed by atoms with E-state index in [9.17, 15) is 19.2 Å². The molecule has 1 heterocycles. The molecule has 2 aliphatic rings. The summed E-state index contributed by atoms with van der Waals surface area (Å²) in [5, 5.41) is 8.07. The first-order valence-electron chi connectivity index (χ1n) is 9.98. The van der Waals surface area contributed by atoms with Crippen molar-refractivity contribution in [3.05, 3.63) is 65.2 Å². The van der Waals surface area contributed by atoms with Gasteiger partial charge in [-0.3, -0.25) is 14.5 Å². The third-order valence-corrected chi connectivity index (χ3v) is 5.78. The fourth-order valence-corrected chi connectivity index (χ4v) is 4.24. The molecule has 1 spiro atoms. The van der Waals surface area contributed by atoms with Crippen molar-refractivity contribution in [2.75, 3.05) is 11.9 Å². The molecule has 4 rings (SSSR count). The number of hydrogen-bond donors (Lipinski definition) is 4. The zero-order valence-corrected chi connectivity index (χ0v) is 17.0. The second-order valence-corrected chi connectivity index (χ2v) is 7.78. The Labute approximate surface area is 179 Å². The van der Waals surface area contributed by atoms with Crippen LogP contribution < -0.4 is 21.7 Å². The highest BCUT2D eigenvalue weighted by molar-refractivity contribution is 6.10. The Balaban J connectivity index is 1.41. The Bertz CT molecular complexity index is 1070. The SMILES string of the molecule is CC(NC(=O)CN1C(=O)NC2(CCc3ccccc32)C1=O)c1ccc(NC(N)=O)cc1. The van der Waals surface area contributed by atoms with Crippen molar-refractivity contribution in [2.45, 2.75) is 31.3 Å². The number of nitrogens with one attached hydrogen (secondary N) is 3. The molecule has 1 saturated heterocycles. The Kier molecular flexibility index (Phi) is 5.10. The average molecular weight is 421 g/mol. The number of urea groups is 2. The zero-order chi connectivity index (χ0) is 22.2. The monoisotopic (exact) mass is 421 g/mol. The van der Waals surface area contributed by atoms with Gasteiger partial charge < -0.3 is 21.7 Å². The Morgan fingerprint density at radius 3 is 2.58 bits per heavy atom. The Hall–Kier alpha value is -3.88. The first-order valence-corrected chi connectivity index (χ1v) is 9.98. The minimum atomic E-state index is -1.08. The van der Waals surface area contributed by atoms with Gasteiger partial charge in [-0.1, -0.05) is 36.4 Å². The Morgan fingerprint density at radius 2 is 1.87 bits per heavy atom. The van der Waals surface area contributed by atoms with Crippen molar-refractivity contribution in [2.24, 2.45) is 5.73 Å². The topological polar surface area (TPSA) is 134 Å². The van der Waals surface area contributed by atoms with Crippen LogP contribution in [0.1, 0.15) is 36.1 Å². The van der Waals surface area contributed by atoms with Crippen LogP contribution in [-0.4, -0.2) is 35.3 Å². The fraction of sp³-hybridized carbons (Fsp3) is 0.273. The van der Waals surface area contributed by atoms with E-state index in [-0.39, 0.29) is 12.6 Å². The lowest BCUT2D eigenvalue weighted by molar-refractivity contribution is -0.135. The molecule has 1 aliphatic heterocycles. The number of nitrogens with two attached hydrogens (primary N) is 1. The predicted octanol–water partition coefficient (Wildman–Crippen LogP) is 1.75. The number of fused-ring (bicyclic) bond motifs is 2. The molecule has 0 radical (unpaired) electrons. The molecule has 5 N–H and O–H groups in total. The van der Waals surface area contributed by atoms with E-state index in [0.717, 1.165) is 21.6 Å². The number of carbonyl (C=O) groups excluding carboxylic acids is 4. The van der Waals surface area contributed by atoms with E-state index in [1.807, 2.05) is 24.3 Å². The van der Waals surface area contributed by atoms with Crippen LogP contribution >= 0.6 is 0 Å². The van der Waals surface area contributed by atoms with Crippen molar-refractivity contribution < 1.29 is 19.2 Å². The van der Waals surface area contributed by atoms with E-state index >= 15 is 0 Å². The minimum Gasteiger partial charge on any atom is -0.351 e. The number of rotatable bonds is 5. The maximum Gasteiger partial charge on any atom is 0.325 e. The molecule has 2 aromatic carbocycles. The van der Waals surface area contributed by atoms with Gasteiger partial charge in [-0.25, -0.2) is 9.59 Å². The van der Waals surface area contributed by atoms with Crippen LogP contribution in [0.25, 0.3) is 0 Å². The van der Waals surface area contributed by atoms with E-state index in [1.54, 1.807) is 31.2 Å². The molecule has 2 atom stereocenters. The van der Waals surface area contributed by atoms with Gasteiger partial charge in [0, 0.05) is 5.69 Å². The molecule has 2 unspecified atom stereocenters. The molecular weight excluding hydrogens is 398 g/mol. The predicted molar refractivity (Wildman–Crippen MR) is 113 cm³/mol. The molecule has 6 amide bonds. The number of benzene rings is 2. The maximum absolute atomic E-state index is 13.1. The summed E-state index contributed by atoms with van der Waals surface area (Å²) < 4.78 is 0. The zero-order valence-electron chi connectivity index (χ0n) is 17.0. The smallest absolute Gasteiger partial charge is 0.325 e. The number of primary amides is 1. The number of nitrogens with zero attached hydrogens (tertiary/aromatic N) is 1. The molecule has 9 nitrogen and oxygen atoms in total. The van der Waals surface area contributed by atoms with Crippen molar-refractivity contribution in [1.82, 2.24) is 15.5 Å². The summed E-state index contributed by atoms with van der Waals surface area (Å²) in [6.07, 6.45) is 1.18. The molecular formula is C22H23N5O4. The fourth-order valence-electron chi connectivity index (χ4n) is 4.24. The summed E-state index contributed by atoms with van der Waals surface area (Å²) in [6, 6.07) is 12.8. The van der Waals surface area contributed by atoms with Crippen molar-refractivity contribution >= 4 is 29.6 Å². The molecule has 0 aromatic heterocycles. The van der Waals surface area contributed by atoms with Crippen molar-refractivity contribution in [1.29, 1.82) is 0 Å². The third kappa shape index (κ3) is 3.70. The average Bonchev–Trinajstić information content (AvgIpc) is 3.21. The van der Waals surface area contributed by atoms with Gasteiger partial charge in [-0.15, -0.1) is 0 Å². The summed E-state index contributed by atoms with van der Waals surface area (Å²) in [6.45, 7) is 1.43. The lowest BCUT2D eigenvalue weighted by Crippen LogP contribution is -2.44. The number of anilines is 1. The van der Waals surface area contributed by atoms with Gasteiger partial charge in [0.05, 0.1) is 6.04 Å². The molecule has 31 heavy (non-hydrogen) atoms. The normalized spacial score (nSPS) is 20.4. The molecule has 2 aromatic rings.